The predicted molar refractivity (Wildman–Crippen MR) is 94.2 cm³/mol. The summed E-state index contributed by atoms with van der Waals surface area (Å²) < 4.78 is 1.98. The minimum Gasteiger partial charge on any atom is -0.387 e. The summed E-state index contributed by atoms with van der Waals surface area (Å²) in [7, 11) is 3.88. The number of fused-ring (bicyclic) bond motifs is 2. The van der Waals surface area contributed by atoms with E-state index < -0.39 is 0 Å². The summed E-state index contributed by atoms with van der Waals surface area (Å²) in [5.74, 6) is 0.689. The smallest absolute Gasteiger partial charge is 0.256 e. The van der Waals surface area contributed by atoms with Crippen LogP contribution in [0.4, 0.5) is 5.69 Å². The number of hydrogen-bond acceptors (Lipinski definition) is 3. The van der Waals surface area contributed by atoms with Crippen LogP contribution in [-0.2, 0) is 7.05 Å². The van der Waals surface area contributed by atoms with Gasteiger partial charge >= 0.3 is 0 Å². The highest BCUT2D eigenvalue weighted by Gasteiger charge is 2.44. The van der Waals surface area contributed by atoms with Gasteiger partial charge in [-0.3, -0.25) is 9.48 Å². The van der Waals surface area contributed by atoms with Gasteiger partial charge < -0.3 is 10.2 Å². The first-order valence-electron chi connectivity index (χ1n) is 8.76. The number of carbonyl (C=O) groups excluding carboxylic acids is 1. The van der Waals surface area contributed by atoms with E-state index in [2.05, 4.69) is 21.4 Å². The Morgan fingerprint density at radius 2 is 1.88 bits per heavy atom. The molecule has 1 aromatic heterocycles. The zero-order valence-electron chi connectivity index (χ0n) is 14.3. The number of nitrogens with one attached hydrogen (secondary N) is 1. The number of rotatable bonds is 3. The van der Waals surface area contributed by atoms with Gasteiger partial charge in [0.25, 0.3) is 5.91 Å². The third-order valence-corrected chi connectivity index (χ3v) is 5.67. The van der Waals surface area contributed by atoms with Gasteiger partial charge in [0.05, 0.1) is 5.56 Å². The molecule has 0 spiro atoms. The molecule has 0 saturated carbocycles. The van der Waals surface area contributed by atoms with Crippen molar-refractivity contribution in [1.82, 2.24) is 14.7 Å². The molecule has 2 saturated heterocycles. The van der Waals surface area contributed by atoms with E-state index in [0.717, 1.165) is 36.9 Å². The van der Waals surface area contributed by atoms with Gasteiger partial charge in [-0.05, 0) is 43.9 Å². The minimum atomic E-state index is 0.177. The molecule has 2 unspecified atom stereocenters. The fraction of sp³-hybridized carbons (Fsp3) is 0.474. The first-order valence-corrected chi connectivity index (χ1v) is 8.76. The van der Waals surface area contributed by atoms with Crippen LogP contribution in [0.3, 0.4) is 0 Å². The van der Waals surface area contributed by atoms with Crippen LogP contribution in [0.1, 0.15) is 47.7 Å². The second-order valence-corrected chi connectivity index (χ2v) is 6.94. The van der Waals surface area contributed by atoms with Crippen LogP contribution in [0, 0.1) is 0 Å². The molecule has 1 aromatic carbocycles. The minimum absolute atomic E-state index is 0.177. The fourth-order valence-electron chi connectivity index (χ4n) is 4.56. The Morgan fingerprint density at radius 3 is 2.50 bits per heavy atom. The van der Waals surface area contributed by atoms with E-state index in [9.17, 15) is 4.79 Å². The zero-order chi connectivity index (χ0) is 16.7. The molecule has 24 heavy (non-hydrogen) atoms. The van der Waals surface area contributed by atoms with Crippen LogP contribution >= 0.6 is 0 Å². The third kappa shape index (κ3) is 2.39. The monoisotopic (exact) mass is 324 g/mol. The van der Waals surface area contributed by atoms with Crippen molar-refractivity contribution in [2.75, 3.05) is 12.4 Å². The number of nitrogens with zero attached hydrogens (tertiary/aromatic N) is 3. The lowest BCUT2D eigenvalue weighted by molar-refractivity contribution is 0.0569. The molecule has 2 aliphatic heterocycles. The maximum Gasteiger partial charge on any atom is 0.256 e. The number of amides is 1. The number of benzene rings is 1. The number of anilines is 1. The average molecular weight is 324 g/mol. The maximum absolute atomic E-state index is 13.2. The highest BCUT2D eigenvalue weighted by Crippen LogP contribution is 2.43. The van der Waals surface area contributed by atoms with Crippen LogP contribution < -0.4 is 5.32 Å². The van der Waals surface area contributed by atoms with Crippen LogP contribution in [0.2, 0.25) is 0 Å². The van der Waals surface area contributed by atoms with Crippen molar-refractivity contribution < 1.29 is 4.79 Å². The molecule has 126 valence electrons. The van der Waals surface area contributed by atoms with E-state index in [4.69, 9.17) is 0 Å². The summed E-state index contributed by atoms with van der Waals surface area (Å²) in [6, 6.07) is 10.6. The van der Waals surface area contributed by atoms with Crippen molar-refractivity contribution in [2.45, 2.75) is 43.7 Å². The van der Waals surface area contributed by atoms with Crippen LogP contribution in [-0.4, -0.2) is 39.7 Å². The van der Waals surface area contributed by atoms with Gasteiger partial charge in [-0.15, -0.1) is 0 Å². The molecule has 2 fully saturated rings. The number of carbonyl (C=O) groups is 1. The first-order chi connectivity index (χ1) is 11.7. The molecule has 0 radical (unpaired) electrons. The summed E-state index contributed by atoms with van der Waals surface area (Å²) in [6.45, 7) is 0. The number of aryl methyl sites for hydroxylation is 1. The molecule has 5 nitrogen and oxygen atoms in total. The molecule has 2 aliphatic rings. The largest absolute Gasteiger partial charge is 0.387 e. The average Bonchev–Trinajstić information content (AvgIpc) is 3.15. The summed E-state index contributed by atoms with van der Waals surface area (Å²) in [4.78, 5) is 15.3. The molecule has 3 heterocycles. The summed E-state index contributed by atoms with van der Waals surface area (Å²) >= 11 is 0. The Balaban J connectivity index is 1.58. The Kier molecular flexibility index (Phi) is 3.79. The van der Waals surface area contributed by atoms with Crippen molar-refractivity contribution in [3.05, 3.63) is 47.8 Å². The lowest BCUT2D eigenvalue weighted by Gasteiger charge is -2.39. The molecular weight excluding hydrogens is 300 g/mol. The van der Waals surface area contributed by atoms with Crippen molar-refractivity contribution >= 4 is 11.6 Å². The van der Waals surface area contributed by atoms with Crippen LogP contribution in [0.5, 0.6) is 0 Å². The van der Waals surface area contributed by atoms with Gasteiger partial charge in [0.15, 0.2) is 0 Å². The molecule has 4 rings (SSSR count). The SMILES string of the molecule is CNc1ccccc1C(=O)N1C2CCC1CC(c1ccnn1C)C2. The molecule has 2 aromatic rings. The van der Waals surface area contributed by atoms with Crippen LogP contribution in [0.25, 0.3) is 0 Å². The molecule has 1 N–H and O–H groups in total. The molecule has 2 atom stereocenters. The number of para-hydroxylation sites is 1. The van der Waals surface area contributed by atoms with E-state index in [1.807, 2.05) is 49.2 Å². The van der Waals surface area contributed by atoms with E-state index in [1.54, 1.807) is 0 Å². The molecule has 0 aliphatic carbocycles. The molecule has 1 amide bonds. The lowest BCUT2D eigenvalue weighted by Crippen LogP contribution is -2.46. The standard InChI is InChI=1S/C19H24N4O/c1-20-17-6-4-3-5-16(17)19(24)23-14-7-8-15(23)12-13(11-14)18-9-10-21-22(18)2/h3-6,9-10,13-15,20H,7-8,11-12H2,1-2H3. The van der Waals surface area contributed by atoms with Crippen molar-refractivity contribution in [3.63, 3.8) is 0 Å². The normalized spacial score (nSPS) is 25.8. The Labute approximate surface area is 142 Å². The molecule has 2 bridgehead atoms. The van der Waals surface area contributed by atoms with Gasteiger partial charge in [0.1, 0.15) is 0 Å². The second-order valence-electron chi connectivity index (χ2n) is 6.94. The molecule has 5 heteroatoms. The topological polar surface area (TPSA) is 50.2 Å². The van der Waals surface area contributed by atoms with E-state index in [1.165, 1.54) is 5.69 Å². The quantitative estimate of drug-likeness (QED) is 0.944. The van der Waals surface area contributed by atoms with Gasteiger partial charge in [-0.1, -0.05) is 12.1 Å². The lowest BCUT2D eigenvalue weighted by atomic mass is 9.87. The highest BCUT2D eigenvalue weighted by atomic mass is 16.2. The summed E-state index contributed by atoms with van der Waals surface area (Å²) in [6.07, 6.45) is 6.20. The number of aromatic nitrogens is 2. The van der Waals surface area contributed by atoms with E-state index in [-0.39, 0.29) is 5.91 Å². The van der Waals surface area contributed by atoms with Crippen molar-refractivity contribution in [2.24, 2.45) is 7.05 Å². The Hall–Kier alpha value is -2.30. The third-order valence-electron chi connectivity index (χ3n) is 5.67. The highest BCUT2D eigenvalue weighted by molar-refractivity contribution is 6.00. The van der Waals surface area contributed by atoms with Crippen molar-refractivity contribution in [3.8, 4) is 0 Å². The molecular formula is C19H24N4O. The maximum atomic E-state index is 13.2. The fourth-order valence-corrected chi connectivity index (χ4v) is 4.56. The van der Waals surface area contributed by atoms with Gasteiger partial charge in [-0.2, -0.15) is 5.10 Å². The van der Waals surface area contributed by atoms with Gasteiger partial charge in [0.2, 0.25) is 0 Å². The number of hydrogen-bond donors (Lipinski definition) is 1. The summed E-state index contributed by atoms with van der Waals surface area (Å²) in [5, 5.41) is 7.46. The van der Waals surface area contributed by atoms with Gasteiger partial charge in [-0.25, -0.2) is 0 Å². The first kappa shape index (κ1) is 15.2. The van der Waals surface area contributed by atoms with Gasteiger partial charge in [0, 0.05) is 49.7 Å². The zero-order valence-corrected chi connectivity index (χ0v) is 14.3. The summed E-state index contributed by atoms with van der Waals surface area (Å²) in [5.41, 5.74) is 3.00. The van der Waals surface area contributed by atoms with E-state index in [0.29, 0.717) is 18.0 Å². The van der Waals surface area contributed by atoms with Crippen molar-refractivity contribution in [1.29, 1.82) is 0 Å². The Morgan fingerprint density at radius 1 is 1.17 bits per heavy atom. The Bertz CT molecular complexity index is 739. The van der Waals surface area contributed by atoms with Crippen LogP contribution in [0.15, 0.2) is 36.5 Å². The predicted octanol–water partition coefficient (Wildman–Crippen LogP) is 3.01. The van der Waals surface area contributed by atoms with E-state index >= 15 is 0 Å². The second kappa shape index (κ2) is 5.96. The number of piperidine rings is 1.